The van der Waals surface area contributed by atoms with Gasteiger partial charge in [0, 0.05) is 31.6 Å². The molecule has 0 saturated carbocycles. The van der Waals surface area contributed by atoms with Gasteiger partial charge in [-0.05, 0) is 39.2 Å². The molecule has 1 aliphatic rings. The van der Waals surface area contributed by atoms with Crippen molar-refractivity contribution in [1.82, 2.24) is 15.3 Å². The summed E-state index contributed by atoms with van der Waals surface area (Å²) >= 11 is 0. The SMILES string of the molecule is Cc1nccnc1C(C)NCC1CCOCC1. The van der Waals surface area contributed by atoms with Crippen LogP contribution in [0.25, 0.3) is 0 Å². The van der Waals surface area contributed by atoms with E-state index < -0.39 is 0 Å². The number of rotatable bonds is 4. The molecule has 0 aliphatic carbocycles. The fraction of sp³-hybridized carbons (Fsp3) is 0.692. The number of ether oxygens (including phenoxy) is 1. The van der Waals surface area contributed by atoms with Crippen LogP contribution in [0.2, 0.25) is 0 Å². The molecule has 1 aliphatic heterocycles. The van der Waals surface area contributed by atoms with E-state index in [0.29, 0.717) is 0 Å². The van der Waals surface area contributed by atoms with Crippen LogP contribution in [0.3, 0.4) is 0 Å². The molecular weight excluding hydrogens is 214 g/mol. The molecule has 1 unspecified atom stereocenters. The van der Waals surface area contributed by atoms with Crippen LogP contribution in [0.5, 0.6) is 0 Å². The van der Waals surface area contributed by atoms with E-state index in [1.54, 1.807) is 12.4 Å². The lowest BCUT2D eigenvalue weighted by atomic mass is 10.00. The van der Waals surface area contributed by atoms with Crippen LogP contribution in [0.1, 0.15) is 37.2 Å². The molecule has 17 heavy (non-hydrogen) atoms. The second kappa shape index (κ2) is 6.07. The van der Waals surface area contributed by atoms with Crippen LogP contribution in [-0.4, -0.2) is 29.7 Å². The number of hydrogen-bond acceptors (Lipinski definition) is 4. The second-order valence-electron chi connectivity index (χ2n) is 4.71. The summed E-state index contributed by atoms with van der Waals surface area (Å²) < 4.78 is 5.36. The van der Waals surface area contributed by atoms with E-state index in [-0.39, 0.29) is 6.04 Å². The Morgan fingerprint density at radius 1 is 1.35 bits per heavy atom. The van der Waals surface area contributed by atoms with Gasteiger partial charge in [-0.3, -0.25) is 9.97 Å². The number of nitrogens with zero attached hydrogens (tertiary/aromatic N) is 2. The first-order valence-corrected chi connectivity index (χ1v) is 6.36. The first-order chi connectivity index (χ1) is 8.27. The minimum atomic E-state index is 0.270. The van der Waals surface area contributed by atoms with Crippen molar-refractivity contribution in [2.24, 2.45) is 5.92 Å². The van der Waals surface area contributed by atoms with E-state index in [9.17, 15) is 0 Å². The van der Waals surface area contributed by atoms with Gasteiger partial charge >= 0.3 is 0 Å². The molecular formula is C13H21N3O. The topological polar surface area (TPSA) is 47.0 Å². The maximum Gasteiger partial charge on any atom is 0.0782 e. The average Bonchev–Trinajstić information content (AvgIpc) is 2.38. The van der Waals surface area contributed by atoms with Crippen molar-refractivity contribution in [2.75, 3.05) is 19.8 Å². The zero-order valence-electron chi connectivity index (χ0n) is 10.6. The number of nitrogens with one attached hydrogen (secondary N) is 1. The van der Waals surface area contributed by atoms with Crippen molar-refractivity contribution < 1.29 is 4.74 Å². The van der Waals surface area contributed by atoms with Crippen LogP contribution in [-0.2, 0) is 4.74 Å². The molecule has 4 heteroatoms. The van der Waals surface area contributed by atoms with Crippen LogP contribution in [0, 0.1) is 12.8 Å². The summed E-state index contributed by atoms with van der Waals surface area (Å²) in [6, 6.07) is 0.270. The fourth-order valence-corrected chi connectivity index (χ4v) is 2.23. The molecule has 1 N–H and O–H groups in total. The third kappa shape index (κ3) is 3.48. The Balaban J connectivity index is 1.84. The first-order valence-electron chi connectivity index (χ1n) is 6.36. The van der Waals surface area contributed by atoms with E-state index in [2.05, 4.69) is 22.2 Å². The van der Waals surface area contributed by atoms with Gasteiger partial charge in [0.05, 0.1) is 11.4 Å². The molecule has 0 amide bonds. The molecule has 1 fully saturated rings. The summed E-state index contributed by atoms with van der Waals surface area (Å²) in [5.74, 6) is 0.739. The van der Waals surface area contributed by atoms with Gasteiger partial charge in [0.1, 0.15) is 0 Å². The highest BCUT2D eigenvalue weighted by Crippen LogP contribution is 2.16. The predicted octanol–water partition coefficient (Wildman–Crippen LogP) is 1.86. The molecule has 1 aromatic heterocycles. The summed E-state index contributed by atoms with van der Waals surface area (Å²) in [5, 5.41) is 3.55. The summed E-state index contributed by atoms with van der Waals surface area (Å²) in [4.78, 5) is 8.66. The monoisotopic (exact) mass is 235 g/mol. The summed E-state index contributed by atoms with van der Waals surface area (Å²) in [6.45, 7) is 7.02. The molecule has 2 heterocycles. The summed E-state index contributed by atoms with van der Waals surface area (Å²) in [5.41, 5.74) is 2.07. The Hall–Kier alpha value is -1.00. The fourth-order valence-electron chi connectivity index (χ4n) is 2.23. The Morgan fingerprint density at radius 3 is 2.76 bits per heavy atom. The Labute approximate surface area is 103 Å². The second-order valence-corrected chi connectivity index (χ2v) is 4.71. The minimum absolute atomic E-state index is 0.270. The lowest BCUT2D eigenvalue weighted by molar-refractivity contribution is 0.0655. The van der Waals surface area contributed by atoms with Gasteiger partial charge in [-0.2, -0.15) is 0 Å². The smallest absolute Gasteiger partial charge is 0.0782 e. The van der Waals surface area contributed by atoms with Crippen molar-refractivity contribution >= 4 is 0 Å². The Kier molecular flexibility index (Phi) is 4.45. The molecule has 0 spiro atoms. The highest BCUT2D eigenvalue weighted by molar-refractivity contribution is 5.12. The molecule has 0 radical (unpaired) electrons. The summed E-state index contributed by atoms with van der Waals surface area (Å²) in [7, 11) is 0. The molecule has 1 atom stereocenters. The third-order valence-corrected chi connectivity index (χ3v) is 3.38. The predicted molar refractivity (Wildman–Crippen MR) is 66.7 cm³/mol. The van der Waals surface area contributed by atoms with E-state index in [0.717, 1.165) is 37.1 Å². The molecule has 2 rings (SSSR count). The van der Waals surface area contributed by atoms with Gasteiger partial charge in [-0.1, -0.05) is 0 Å². The van der Waals surface area contributed by atoms with E-state index in [1.807, 2.05) is 6.92 Å². The van der Waals surface area contributed by atoms with Gasteiger partial charge in [0.2, 0.25) is 0 Å². The highest BCUT2D eigenvalue weighted by atomic mass is 16.5. The largest absolute Gasteiger partial charge is 0.381 e. The number of aromatic nitrogens is 2. The van der Waals surface area contributed by atoms with Crippen molar-refractivity contribution in [3.63, 3.8) is 0 Å². The van der Waals surface area contributed by atoms with Gasteiger partial charge in [-0.25, -0.2) is 0 Å². The van der Waals surface area contributed by atoms with Crippen molar-refractivity contribution in [2.45, 2.75) is 32.7 Å². The van der Waals surface area contributed by atoms with Crippen LogP contribution >= 0.6 is 0 Å². The van der Waals surface area contributed by atoms with Crippen LogP contribution in [0.4, 0.5) is 0 Å². The Bertz CT molecular complexity index is 350. The van der Waals surface area contributed by atoms with E-state index in [4.69, 9.17) is 4.74 Å². The van der Waals surface area contributed by atoms with E-state index >= 15 is 0 Å². The zero-order chi connectivity index (χ0) is 12.1. The Morgan fingerprint density at radius 2 is 2.06 bits per heavy atom. The lowest BCUT2D eigenvalue weighted by Crippen LogP contribution is -2.30. The molecule has 1 aromatic rings. The van der Waals surface area contributed by atoms with Crippen LogP contribution < -0.4 is 5.32 Å². The molecule has 0 bridgehead atoms. The van der Waals surface area contributed by atoms with E-state index in [1.165, 1.54) is 12.8 Å². The molecule has 1 saturated heterocycles. The molecule has 94 valence electrons. The summed E-state index contributed by atoms with van der Waals surface area (Å²) in [6.07, 6.45) is 5.83. The van der Waals surface area contributed by atoms with Gasteiger partial charge in [0.25, 0.3) is 0 Å². The van der Waals surface area contributed by atoms with Crippen molar-refractivity contribution in [3.05, 3.63) is 23.8 Å². The van der Waals surface area contributed by atoms with Gasteiger partial charge < -0.3 is 10.1 Å². The maximum absolute atomic E-state index is 5.36. The normalized spacial score (nSPS) is 19.2. The minimum Gasteiger partial charge on any atom is -0.381 e. The number of hydrogen-bond donors (Lipinski definition) is 1. The quantitative estimate of drug-likeness (QED) is 0.865. The third-order valence-electron chi connectivity index (χ3n) is 3.38. The zero-order valence-corrected chi connectivity index (χ0v) is 10.6. The van der Waals surface area contributed by atoms with Crippen LogP contribution in [0.15, 0.2) is 12.4 Å². The van der Waals surface area contributed by atoms with Gasteiger partial charge in [-0.15, -0.1) is 0 Å². The maximum atomic E-state index is 5.36. The van der Waals surface area contributed by atoms with Crippen molar-refractivity contribution in [3.8, 4) is 0 Å². The average molecular weight is 235 g/mol. The van der Waals surface area contributed by atoms with Crippen molar-refractivity contribution in [1.29, 1.82) is 0 Å². The lowest BCUT2D eigenvalue weighted by Gasteiger charge is -2.24. The molecule has 4 nitrogen and oxygen atoms in total. The first kappa shape index (κ1) is 12.5. The number of aryl methyl sites for hydroxylation is 1. The standard InChI is InChI=1S/C13H21N3O/c1-10-13(15-6-5-14-10)11(2)16-9-12-3-7-17-8-4-12/h5-6,11-12,16H,3-4,7-9H2,1-2H3. The highest BCUT2D eigenvalue weighted by Gasteiger charge is 2.16. The van der Waals surface area contributed by atoms with Gasteiger partial charge in [0.15, 0.2) is 0 Å². The molecule has 0 aromatic carbocycles.